The highest BCUT2D eigenvalue weighted by Gasteiger charge is 2.38. The van der Waals surface area contributed by atoms with Gasteiger partial charge in [-0.05, 0) is 23.8 Å². The number of carbonyl (C=O) groups is 2. The molecule has 0 bridgehead atoms. The molecule has 0 unspecified atom stereocenters. The molecule has 0 aromatic heterocycles. The molecule has 0 saturated carbocycles. The van der Waals surface area contributed by atoms with Crippen molar-refractivity contribution in [2.45, 2.75) is 12.5 Å². The zero-order valence-corrected chi connectivity index (χ0v) is 12.8. The molecule has 5 heteroatoms. The Morgan fingerprint density at radius 3 is 2.55 bits per heavy atom. The Morgan fingerprint density at radius 1 is 1.14 bits per heavy atom. The molecule has 1 aliphatic heterocycles. The van der Waals surface area contributed by atoms with Crippen LogP contribution in [0.2, 0.25) is 5.02 Å². The predicted octanol–water partition coefficient (Wildman–Crippen LogP) is 2.66. The summed E-state index contributed by atoms with van der Waals surface area (Å²) in [6, 6.07) is 13.9. The quantitative estimate of drug-likeness (QED) is 0.926. The summed E-state index contributed by atoms with van der Waals surface area (Å²) in [4.78, 5) is 26.6. The first-order valence-electron chi connectivity index (χ1n) is 7.01. The van der Waals surface area contributed by atoms with Gasteiger partial charge < -0.3 is 5.32 Å². The number of anilines is 1. The Bertz CT molecular complexity index is 745. The van der Waals surface area contributed by atoms with Crippen LogP contribution in [0.4, 0.5) is 5.69 Å². The van der Waals surface area contributed by atoms with Crippen LogP contribution >= 0.6 is 11.6 Å². The van der Waals surface area contributed by atoms with E-state index in [0.717, 1.165) is 11.3 Å². The second kappa shape index (κ2) is 5.81. The standard InChI is InChI=1S/C17H15ClN2O2/c1-19-16(21)15-10-11-6-2-5-9-14(11)20(15)17(22)12-7-3-4-8-13(12)18/h2-9,15H,10H2,1H3,(H,19,21)/t15-/m0/s1. The van der Waals surface area contributed by atoms with E-state index in [9.17, 15) is 9.59 Å². The lowest BCUT2D eigenvalue weighted by molar-refractivity contribution is -0.121. The summed E-state index contributed by atoms with van der Waals surface area (Å²) in [5.74, 6) is -0.444. The van der Waals surface area contributed by atoms with Gasteiger partial charge in [0.15, 0.2) is 0 Å². The van der Waals surface area contributed by atoms with Crippen molar-refractivity contribution in [3.05, 3.63) is 64.7 Å². The molecule has 0 saturated heterocycles. The maximum absolute atomic E-state index is 12.9. The fraction of sp³-hybridized carbons (Fsp3) is 0.176. The number of para-hydroxylation sites is 1. The van der Waals surface area contributed by atoms with Crippen LogP contribution in [-0.4, -0.2) is 24.9 Å². The van der Waals surface area contributed by atoms with E-state index < -0.39 is 6.04 Å². The van der Waals surface area contributed by atoms with E-state index in [1.165, 1.54) is 4.90 Å². The lowest BCUT2D eigenvalue weighted by Crippen LogP contribution is -2.47. The fourth-order valence-electron chi connectivity index (χ4n) is 2.78. The normalized spacial score (nSPS) is 16.3. The molecule has 4 nitrogen and oxygen atoms in total. The first-order valence-corrected chi connectivity index (χ1v) is 7.39. The third-order valence-corrected chi connectivity index (χ3v) is 4.18. The molecule has 1 atom stereocenters. The number of nitrogens with one attached hydrogen (secondary N) is 1. The summed E-state index contributed by atoms with van der Waals surface area (Å²) >= 11 is 6.14. The highest BCUT2D eigenvalue weighted by atomic mass is 35.5. The molecule has 2 amide bonds. The number of benzene rings is 2. The van der Waals surface area contributed by atoms with E-state index in [4.69, 9.17) is 11.6 Å². The molecule has 112 valence electrons. The third kappa shape index (κ3) is 2.35. The minimum atomic E-state index is -0.550. The number of amides is 2. The third-order valence-electron chi connectivity index (χ3n) is 3.85. The van der Waals surface area contributed by atoms with Crippen molar-refractivity contribution >= 4 is 29.1 Å². The van der Waals surface area contributed by atoms with Gasteiger partial charge in [-0.2, -0.15) is 0 Å². The van der Waals surface area contributed by atoms with E-state index in [-0.39, 0.29) is 11.8 Å². The molecule has 1 aliphatic rings. The molecule has 22 heavy (non-hydrogen) atoms. The molecule has 3 rings (SSSR count). The van der Waals surface area contributed by atoms with E-state index in [1.807, 2.05) is 24.3 Å². The Morgan fingerprint density at radius 2 is 1.82 bits per heavy atom. The number of fused-ring (bicyclic) bond motifs is 1. The van der Waals surface area contributed by atoms with Gasteiger partial charge in [-0.3, -0.25) is 14.5 Å². The van der Waals surface area contributed by atoms with Crippen molar-refractivity contribution in [1.29, 1.82) is 0 Å². The molecule has 0 aliphatic carbocycles. The number of carbonyl (C=O) groups excluding carboxylic acids is 2. The smallest absolute Gasteiger partial charge is 0.260 e. The number of halogens is 1. The van der Waals surface area contributed by atoms with Crippen LogP contribution in [0, 0.1) is 0 Å². The number of nitrogens with zero attached hydrogens (tertiary/aromatic N) is 1. The number of hydrogen-bond acceptors (Lipinski definition) is 2. The van der Waals surface area contributed by atoms with Crippen LogP contribution in [-0.2, 0) is 11.2 Å². The van der Waals surface area contributed by atoms with Crippen LogP contribution in [0.5, 0.6) is 0 Å². The van der Waals surface area contributed by atoms with Crippen LogP contribution in [0.3, 0.4) is 0 Å². The van der Waals surface area contributed by atoms with Crippen LogP contribution < -0.4 is 10.2 Å². The van der Waals surface area contributed by atoms with Gasteiger partial charge in [0.2, 0.25) is 5.91 Å². The summed E-state index contributed by atoms with van der Waals surface area (Å²) in [6.07, 6.45) is 0.506. The minimum Gasteiger partial charge on any atom is -0.357 e. The molecular formula is C17H15ClN2O2. The Hall–Kier alpha value is -2.33. The number of rotatable bonds is 2. The van der Waals surface area contributed by atoms with E-state index >= 15 is 0 Å². The summed E-state index contributed by atoms with van der Waals surface area (Å²) in [5, 5.41) is 3.01. The highest BCUT2D eigenvalue weighted by Crippen LogP contribution is 2.34. The molecule has 1 heterocycles. The van der Waals surface area contributed by atoms with Crippen molar-refractivity contribution in [2.24, 2.45) is 0 Å². The molecule has 2 aromatic rings. The van der Waals surface area contributed by atoms with Gasteiger partial charge in [0.05, 0.1) is 10.6 Å². The van der Waals surface area contributed by atoms with Crippen molar-refractivity contribution in [1.82, 2.24) is 5.32 Å². The highest BCUT2D eigenvalue weighted by molar-refractivity contribution is 6.34. The maximum atomic E-state index is 12.9. The van der Waals surface area contributed by atoms with Crippen molar-refractivity contribution < 1.29 is 9.59 Å². The first-order chi connectivity index (χ1) is 10.6. The monoisotopic (exact) mass is 314 g/mol. The van der Waals surface area contributed by atoms with Gasteiger partial charge in [-0.15, -0.1) is 0 Å². The molecule has 0 radical (unpaired) electrons. The van der Waals surface area contributed by atoms with E-state index in [0.29, 0.717) is 17.0 Å². The summed E-state index contributed by atoms with van der Waals surface area (Å²) in [7, 11) is 1.57. The average molecular weight is 315 g/mol. The maximum Gasteiger partial charge on any atom is 0.260 e. The predicted molar refractivity (Wildman–Crippen MR) is 86.3 cm³/mol. The van der Waals surface area contributed by atoms with Gasteiger partial charge in [0.25, 0.3) is 5.91 Å². The lowest BCUT2D eigenvalue weighted by atomic mass is 10.1. The molecule has 0 fully saturated rings. The van der Waals surface area contributed by atoms with Crippen molar-refractivity contribution in [2.75, 3.05) is 11.9 Å². The van der Waals surface area contributed by atoms with Crippen LogP contribution in [0.15, 0.2) is 48.5 Å². The number of likely N-dealkylation sites (N-methyl/N-ethyl adjacent to an activating group) is 1. The fourth-order valence-corrected chi connectivity index (χ4v) is 2.99. The first kappa shape index (κ1) is 14.6. The van der Waals surface area contributed by atoms with E-state index in [2.05, 4.69) is 5.32 Å². The zero-order chi connectivity index (χ0) is 15.7. The zero-order valence-electron chi connectivity index (χ0n) is 12.0. The summed E-state index contributed by atoms with van der Waals surface area (Å²) in [5.41, 5.74) is 2.15. The average Bonchev–Trinajstić information content (AvgIpc) is 2.93. The van der Waals surface area contributed by atoms with Gasteiger partial charge in [0, 0.05) is 19.2 Å². The van der Waals surface area contributed by atoms with E-state index in [1.54, 1.807) is 31.3 Å². The minimum absolute atomic E-state index is 0.184. The van der Waals surface area contributed by atoms with Gasteiger partial charge in [-0.25, -0.2) is 0 Å². The largest absolute Gasteiger partial charge is 0.357 e. The number of hydrogen-bond donors (Lipinski definition) is 1. The van der Waals surface area contributed by atoms with Gasteiger partial charge in [-0.1, -0.05) is 41.9 Å². The second-order valence-electron chi connectivity index (χ2n) is 5.12. The Balaban J connectivity index is 2.07. The van der Waals surface area contributed by atoms with Crippen LogP contribution in [0.25, 0.3) is 0 Å². The SMILES string of the molecule is CNC(=O)[C@@H]1Cc2ccccc2N1C(=O)c1ccccc1Cl. The topological polar surface area (TPSA) is 49.4 Å². The van der Waals surface area contributed by atoms with Crippen LogP contribution in [0.1, 0.15) is 15.9 Å². The van der Waals surface area contributed by atoms with Crippen molar-refractivity contribution in [3.63, 3.8) is 0 Å². The molecule has 2 aromatic carbocycles. The van der Waals surface area contributed by atoms with Crippen molar-refractivity contribution in [3.8, 4) is 0 Å². The molecular weight excluding hydrogens is 300 g/mol. The lowest BCUT2D eigenvalue weighted by Gasteiger charge is -2.24. The molecule has 1 N–H and O–H groups in total. The Labute approximate surface area is 133 Å². The van der Waals surface area contributed by atoms with Gasteiger partial charge >= 0.3 is 0 Å². The molecule has 0 spiro atoms. The Kier molecular flexibility index (Phi) is 3.86. The summed E-state index contributed by atoms with van der Waals surface area (Å²) in [6.45, 7) is 0. The summed E-state index contributed by atoms with van der Waals surface area (Å²) < 4.78 is 0. The second-order valence-corrected chi connectivity index (χ2v) is 5.53. The van der Waals surface area contributed by atoms with Gasteiger partial charge in [0.1, 0.15) is 6.04 Å².